The van der Waals surface area contributed by atoms with Crippen LogP contribution >= 0.6 is 0 Å². The molecule has 1 amide bonds. The topological polar surface area (TPSA) is 111 Å². The third kappa shape index (κ3) is 3.52. The van der Waals surface area contributed by atoms with Crippen LogP contribution in [0.25, 0.3) is 22.2 Å². The van der Waals surface area contributed by atoms with E-state index in [-0.39, 0.29) is 23.3 Å². The molecule has 8 heteroatoms. The number of nitrogens with zero attached hydrogens (tertiary/aromatic N) is 5. The van der Waals surface area contributed by atoms with Gasteiger partial charge in [-0.1, -0.05) is 25.1 Å². The number of amides is 1. The van der Waals surface area contributed by atoms with Crippen LogP contribution < -0.4 is 11.1 Å². The molecule has 0 saturated carbocycles. The molecule has 1 aromatic carbocycles. The molecule has 29 heavy (non-hydrogen) atoms. The molecule has 0 aliphatic heterocycles. The van der Waals surface area contributed by atoms with Gasteiger partial charge in [0.15, 0.2) is 5.65 Å². The molecule has 1 atom stereocenters. The van der Waals surface area contributed by atoms with E-state index in [9.17, 15) is 4.79 Å². The molecular formula is C21H21N7O. The number of anilines is 1. The Balaban J connectivity index is 1.92. The SMILES string of the molecule is CC[C@H](C)NC(=O)c1c(N)n(N=Cc2ccccn2)c2nc3ccccc3nc12. The molecule has 0 aliphatic carbocycles. The van der Waals surface area contributed by atoms with Crippen molar-refractivity contribution in [2.24, 2.45) is 5.10 Å². The maximum Gasteiger partial charge on any atom is 0.257 e. The number of fused-ring (bicyclic) bond motifs is 2. The molecule has 0 saturated heterocycles. The summed E-state index contributed by atoms with van der Waals surface area (Å²) >= 11 is 0. The predicted molar refractivity (Wildman–Crippen MR) is 114 cm³/mol. The Labute approximate surface area is 167 Å². The first-order valence-electron chi connectivity index (χ1n) is 9.41. The van der Waals surface area contributed by atoms with Gasteiger partial charge in [-0.05, 0) is 37.6 Å². The number of hydrogen-bond donors (Lipinski definition) is 2. The van der Waals surface area contributed by atoms with Gasteiger partial charge in [-0.25, -0.2) is 9.97 Å². The van der Waals surface area contributed by atoms with E-state index in [1.54, 1.807) is 12.4 Å². The minimum atomic E-state index is -0.293. The Bertz CT molecular complexity index is 1210. The lowest BCUT2D eigenvalue weighted by Crippen LogP contribution is -2.32. The van der Waals surface area contributed by atoms with E-state index in [4.69, 9.17) is 5.73 Å². The molecule has 3 N–H and O–H groups in total. The summed E-state index contributed by atoms with van der Waals surface area (Å²) in [6, 6.07) is 13.0. The van der Waals surface area contributed by atoms with Crippen LogP contribution in [-0.4, -0.2) is 37.8 Å². The van der Waals surface area contributed by atoms with Gasteiger partial charge in [0.1, 0.15) is 16.9 Å². The van der Waals surface area contributed by atoms with Crippen LogP contribution in [-0.2, 0) is 0 Å². The van der Waals surface area contributed by atoms with Gasteiger partial charge >= 0.3 is 0 Å². The number of aromatic nitrogens is 4. The van der Waals surface area contributed by atoms with Gasteiger partial charge in [-0.3, -0.25) is 9.78 Å². The molecule has 3 heterocycles. The Morgan fingerprint density at radius 1 is 1.21 bits per heavy atom. The summed E-state index contributed by atoms with van der Waals surface area (Å²) in [5.74, 6) is -0.110. The van der Waals surface area contributed by atoms with Crippen LogP contribution in [0.3, 0.4) is 0 Å². The van der Waals surface area contributed by atoms with Crippen molar-refractivity contribution >= 4 is 40.1 Å². The number of para-hydroxylation sites is 2. The summed E-state index contributed by atoms with van der Waals surface area (Å²) in [6.07, 6.45) is 4.05. The Kier molecular flexibility index (Phi) is 4.90. The second-order valence-corrected chi connectivity index (χ2v) is 6.74. The molecule has 0 bridgehead atoms. The number of nitrogens with one attached hydrogen (secondary N) is 1. The fourth-order valence-corrected chi connectivity index (χ4v) is 2.96. The maximum atomic E-state index is 12.9. The van der Waals surface area contributed by atoms with Gasteiger partial charge in [0.05, 0.1) is 22.9 Å². The van der Waals surface area contributed by atoms with Crippen molar-refractivity contribution in [2.75, 3.05) is 5.73 Å². The third-order valence-electron chi connectivity index (χ3n) is 4.68. The Morgan fingerprint density at radius 2 is 1.93 bits per heavy atom. The van der Waals surface area contributed by atoms with Crippen LogP contribution in [0.2, 0.25) is 0 Å². The van der Waals surface area contributed by atoms with Crippen molar-refractivity contribution in [2.45, 2.75) is 26.3 Å². The van der Waals surface area contributed by atoms with Crippen LogP contribution in [0.15, 0.2) is 53.8 Å². The second kappa shape index (κ2) is 7.67. The number of pyridine rings is 1. The van der Waals surface area contributed by atoms with Crippen molar-refractivity contribution in [3.05, 3.63) is 59.9 Å². The zero-order valence-corrected chi connectivity index (χ0v) is 16.2. The lowest BCUT2D eigenvalue weighted by Gasteiger charge is -2.11. The van der Waals surface area contributed by atoms with E-state index in [1.165, 1.54) is 4.68 Å². The average molecular weight is 387 g/mol. The molecule has 0 aliphatic rings. The van der Waals surface area contributed by atoms with Crippen molar-refractivity contribution in [1.82, 2.24) is 24.9 Å². The number of benzene rings is 1. The number of carbonyl (C=O) groups is 1. The summed E-state index contributed by atoms with van der Waals surface area (Å²) in [4.78, 5) is 26.5. The third-order valence-corrected chi connectivity index (χ3v) is 4.68. The van der Waals surface area contributed by atoms with Crippen LogP contribution in [0.4, 0.5) is 5.82 Å². The molecule has 4 rings (SSSR count). The van der Waals surface area contributed by atoms with Gasteiger partial charge in [-0.15, -0.1) is 0 Å². The fraction of sp³-hybridized carbons (Fsp3) is 0.190. The Hall–Kier alpha value is -3.81. The van der Waals surface area contributed by atoms with Gasteiger partial charge in [0.2, 0.25) is 0 Å². The highest BCUT2D eigenvalue weighted by Gasteiger charge is 2.24. The number of carbonyl (C=O) groups excluding carboxylic acids is 1. The summed E-state index contributed by atoms with van der Waals surface area (Å²) in [7, 11) is 0. The number of rotatable bonds is 5. The summed E-state index contributed by atoms with van der Waals surface area (Å²) in [5.41, 5.74) is 9.50. The monoisotopic (exact) mass is 387 g/mol. The largest absolute Gasteiger partial charge is 0.383 e. The molecule has 0 fully saturated rings. The van der Waals surface area contributed by atoms with Crippen molar-refractivity contribution < 1.29 is 4.79 Å². The van der Waals surface area contributed by atoms with E-state index >= 15 is 0 Å². The van der Waals surface area contributed by atoms with Crippen molar-refractivity contribution in [1.29, 1.82) is 0 Å². The van der Waals surface area contributed by atoms with Gasteiger partial charge < -0.3 is 11.1 Å². The highest BCUT2D eigenvalue weighted by atomic mass is 16.1. The first kappa shape index (κ1) is 18.5. The van der Waals surface area contributed by atoms with E-state index in [1.807, 2.05) is 56.3 Å². The fourth-order valence-electron chi connectivity index (χ4n) is 2.96. The van der Waals surface area contributed by atoms with Gasteiger partial charge in [-0.2, -0.15) is 9.78 Å². The lowest BCUT2D eigenvalue weighted by molar-refractivity contribution is 0.0941. The van der Waals surface area contributed by atoms with Crippen LogP contribution in [0, 0.1) is 0 Å². The molecule has 146 valence electrons. The van der Waals surface area contributed by atoms with Crippen molar-refractivity contribution in [3.8, 4) is 0 Å². The first-order valence-corrected chi connectivity index (χ1v) is 9.41. The summed E-state index contributed by atoms with van der Waals surface area (Å²) < 4.78 is 1.44. The lowest BCUT2D eigenvalue weighted by atomic mass is 10.2. The van der Waals surface area contributed by atoms with Gasteiger partial charge in [0.25, 0.3) is 5.91 Å². The highest BCUT2D eigenvalue weighted by molar-refractivity contribution is 6.10. The maximum absolute atomic E-state index is 12.9. The normalized spacial score (nSPS) is 12.6. The summed E-state index contributed by atoms with van der Waals surface area (Å²) in [5, 5.41) is 7.38. The summed E-state index contributed by atoms with van der Waals surface area (Å²) in [6.45, 7) is 3.94. The molecule has 0 unspecified atom stereocenters. The first-order chi connectivity index (χ1) is 14.1. The Morgan fingerprint density at radius 3 is 2.62 bits per heavy atom. The molecule has 0 spiro atoms. The highest BCUT2D eigenvalue weighted by Crippen LogP contribution is 2.27. The van der Waals surface area contributed by atoms with Crippen LogP contribution in [0.5, 0.6) is 0 Å². The molecule has 8 nitrogen and oxygen atoms in total. The quantitative estimate of drug-likeness (QED) is 0.512. The molecule has 4 aromatic rings. The zero-order valence-electron chi connectivity index (χ0n) is 16.2. The van der Waals surface area contributed by atoms with Crippen molar-refractivity contribution in [3.63, 3.8) is 0 Å². The van der Waals surface area contributed by atoms with E-state index in [0.717, 1.165) is 6.42 Å². The van der Waals surface area contributed by atoms with E-state index < -0.39 is 0 Å². The molecular weight excluding hydrogens is 366 g/mol. The standard InChI is InChI=1S/C21H21N7O/c1-3-13(2)25-21(29)17-18-20(27-16-10-5-4-9-15(16)26-18)28(19(17)22)24-12-14-8-6-7-11-23-14/h4-13H,3,22H2,1-2H3,(H,25,29)/t13-/m0/s1. The zero-order chi connectivity index (χ0) is 20.4. The smallest absolute Gasteiger partial charge is 0.257 e. The minimum absolute atomic E-state index is 0.00531. The number of nitrogen functional groups attached to an aromatic ring is 1. The van der Waals surface area contributed by atoms with E-state index in [0.29, 0.717) is 27.9 Å². The molecule has 3 aromatic heterocycles. The molecule has 0 radical (unpaired) electrons. The second-order valence-electron chi connectivity index (χ2n) is 6.74. The average Bonchev–Trinajstić information content (AvgIpc) is 3.01. The predicted octanol–water partition coefficient (Wildman–Crippen LogP) is 2.97. The minimum Gasteiger partial charge on any atom is -0.383 e. The van der Waals surface area contributed by atoms with Crippen LogP contribution in [0.1, 0.15) is 36.3 Å². The van der Waals surface area contributed by atoms with E-state index in [2.05, 4.69) is 25.4 Å². The van der Waals surface area contributed by atoms with Gasteiger partial charge in [0, 0.05) is 12.2 Å². The number of nitrogens with two attached hydrogens (primary N) is 1. The number of hydrogen-bond acceptors (Lipinski definition) is 6.